The molecule has 2 aliphatic rings. The Morgan fingerprint density at radius 1 is 1.38 bits per heavy atom. The summed E-state index contributed by atoms with van der Waals surface area (Å²) in [5.74, 6) is 0. The molecule has 0 bridgehead atoms. The number of allylic oxidation sites excluding steroid dienone is 1. The summed E-state index contributed by atoms with van der Waals surface area (Å²) in [7, 11) is 2.04. The SMILES string of the molecule is CCCC1=CN=NN(N2CCNCC2)N1C. The van der Waals surface area contributed by atoms with Crippen molar-refractivity contribution in [3.05, 3.63) is 11.9 Å². The van der Waals surface area contributed by atoms with E-state index in [0.29, 0.717) is 0 Å². The summed E-state index contributed by atoms with van der Waals surface area (Å²) in [6.07, 6.45) is 4.02. The molecule has 1 N–H and O–H groups in total. The minimum absolute atomic E-state index is 0.975. The zero-order chi connectivity index (χ0) is 11.4. The second-order valence-corrected chi connectivity index (χ2v) is 4.07. The lowest BCUT2D eigenvalue weighted by Crippen LogP contribution is -2.55. The van der Waals surface area contributed by atoms with Gasteiger partial charge in [0.25, 0.3) is 0 Å². The molecule has 0 spiro atoms. The molecule has 6 nitrogen and oxygen atoms in total. The highest BCUT2D eigenvalue weighted by Crippen LogP contribution is 2.19. The molecule has 6 heteroatoms. The molecule has 0 aliphatic carbocycles. The van der Waals surface area contributed by atoms with Crippen molar-refractivity contribution < 1.29 is 0 Å². The number of piperazine rings is 1. The lowest BCUT2D eigenvalue weighted by Gasteiger charge is -2.41. The van der Waals surface area contributed by atoms with Crippen molar-refractivity contribution >= 4 is 0 Å². The standard InChI is InChI=1S/C10H20N6/c1-3-4-10-9-12-13-16(14(10)2)15-7-5-11-6-8-15/h9,11H,3-8H2,1-2H3. The van der Waals surface area contributed by atoms with Gasteiger partial charge in [-0.15, -0.1) is 10.3 Å². The molecular formula is C10H20N6. The third-order valence-electron chi connectivity index (χ3n) is 2.87. The fourth-order valence-electron chi connectivity index (χ4n) is 1.96. The first-order valence-corrected chi connectivity index (χ1v) is 5.92. The second kappa shape index (κ2) is 5.27. The molecule has 0 saturated carbocycles. The van der Waals surface area contributed by atoms with Gasteiger partial charge in [-0.3, -0.25) is 5.01 Å². The van der Waals surface area contributed by atoms with E-state index >= 15 is 0 Å². The number of hydrogen-bond acceptors (Lipinski definition) is 6. The Balaban J connectivity index is 2.00. The monoisotopic (exact) mass is 224 g/mol. The average Bonchev–Trinajstić information content (AvgIpc) is 2.33. The Bertz CT molecular complexity index is 281. The highest BCUT2D eigenvalue weighted by atomic mass is 16.0. The Morgan fingerprint density at radius 3 is 2.81 bits per heavy atom. The molecule has 1 fully saturated rings. The fourth-order valence-corrected chi connectivity index (χ4v) is 1.96. The van der Waals surface area contributed by atoms with Crippen LogP contribution in [0.4, 0.5) is 0 Å². The minimum Gasteiger partial charge on any atom is -0.314 e. The second-order valence-electron chi connectivity index (χ2n) is 4.07. The molecule has 2 rings (SSSR count). The maximum atomic E-state index is 4.17. The highest BCUT2D eigenvalue weighted by molar-refractivity contribution is 4.99. The molecule has 0 amide bonds. The van der Waals surface area contributed by atoms with E-state index in [1.165, 1.54) is 5.70 Å². The highest BCUT2D eigenvalue weighted by Gasteiger charge is 2.23. The zero-order valence-corrected chi connectivity index (χ0v) is 10.1. The number of nitrogens with zero attached hydrogens (tertiary/aromatic N) is 5. The summed E-state index contributed by atoms with van der Waals surface area (Å²) >= 11 is 0. The van der Waals surface area contributed by atoms with Crippen LogP contribution >= 0.6 is 0 Å². The molecule has 1 saturated heterocycles. The van der Waals surface area contributed by atoms with Gasteiger partial charge in [-0.2, -0.15) is 5.01 Å². The molecule has 0 aromatic carbocycles. The van der Waals surface area contributed by atoms with E-state index in [0.717, 1.165) is 39.0 Å². The smallest absolute Gasteiger partial charge is 0.0725 e. The lowest BCUT2D eigenvalue weighted by molar-refractivity contribution is -0.172. The van der Waals surface area contributed by atoms with Crippen molar-refractivity contribution in [3.8, 4) is 0 Å². The van der Waals surface area contributed by atoms with Gasteiger partial charge in [0.15, 0.2) is 0 Å². The van der Waals surface area contributed by atoms with Gasteiger partial charge in [0.1, 0.15) is 0 Å². The van der Waals surface area contributed by atoms with Crippen LogP contribution in [0.3, 0.4) is 0 Å². The Morgan fingerprint density at radius 2 is 2.12 bits per heavy atom. The summed E-state index contributed by atoms with van der Waals surface area (Å²) in [6, 6.07) is 0. The Hall–Kier alpha value is -1.14. The van der Waals surface area contributed by atoms with Crippen molar-refractivity contribution in [3.63, 3.8) is 0 Å². The summed E-state index contributed by atoms with van der Waals surface area (Å²) in [6.45, 7) is 6.14. The largest absolute Gasteiger partial charge is 0.314 e. The lowest BCUT2D eigenvalue weighted by atomic mass is 10.2. The van der Waals surface area contributed by atoms with Gasteiger partial charge < -0.3 is 5.32 Å². The maximum Gasteiger partial charge on any atom is 0.0725 e. The maximum absolute atomic E-state index is 4.17. The summed E-state index contributed by atoms with van der Waals surface area (Å²) < 4.78 is 0. The molecule has 2 aliphatic heterocycles. The first kappa shape index (κ1) is 11.3. The number of hydrogen-bond donors (Lipinski definition) is 1. The van der Waals surface area contributed by atoms with E-state index < -0.39 is 0 Å². The number of hydrazine groups is 2. The van der Waals surface area contributed by atoms with E-state index in [9.17, 15) is 0 Å². The van der Waals surface area contributed by atoms with E-state index in [2.05, 4.69) is 32.6 Å². The van der Waals surface area contributed by atoms with Gasteiger partial charge in [0.2, 0.25) is 0 Å². The molecule has 0 aromatic heterocycles. The summed E-state index contributed by atoms with van der Waals surface area (Å²) in [5.41, 5.74) is 1.22. The van der Waals surface area contributed by atoms with E-state index in [1.807, 2.05) is 18.5 Å². The van der Waals surface area contributed by atoms with Crippen LogP contribution in [0.2, 0.25) is 0 Å². The summed E-state index contributed by atoms with van der Waals surface area (Å²) in [5, 5.41) is 17.8. The number of nitrogens with one attached hydrogen (secondary N) is 1. The molecule has 0 unspecified atom stereocenters. The third kappa shape index (κ3) is 2.33. The van der Waals surface area contributed by atoms with Gasteiger partial charge in [-0.05, 0) is 11.6 Å². The van der Waals surface area contributed by atoms with E-state index in [-0.39, 0.29) is 0 Å². The van der Waals surface area contributed by atoms with Crippen LogP contribution in [-0.4, -0.2) is 48.5 Å². The van der Waals surface area contributed by atoms with Crippen LogP contribution in [0.25, 0.3) is 0 Å². The van der Waals surface area contributed by atoms with Crippen LogP contribution in [-0.2, 0) is 0 Å². The minimum atomic E-state index is 0.975. The fraction of sp³-hybridized carbons (Fsp3) is 0.800. The molecule has 2 heterocycles. The molecular weight excluding hydrogens is 204 g/mol. The van der Waals surface area contributed by atoms with Gasteiger partial charge in [-0.25, -0.2) is 0 Å². The van der Waals surface area contributed by atoms with Crippen LogP contribution in [0.15, 0.2) is 22.2 Å². The van der Waals surface area contributed by atoms with Crippen molar-refractivity contribution in [2.45, 2.75) is 19.8 Å². The van der Waals surface area contributed by atoms with E-state index in [4.69, 9.17) is 0 Å². The van der Waals surface area contributed by atoms with Crippen molar-refractivity contribution in [1.82, 2.24) is 20.6 Å². The molecule has 0 aromatic rings. The van der Waals surface area contributed by atoms with Gasteiger partial charge in [0.05, 0.1) is 11.9 Å². The van der Waals surface area contributed by atoms with Crippen LogP contribution in [0.1, 0.15) is 19.8 Å². The Labute approximate surface area is 96.5 Å². The van der Waals surface area contributed by atoms with Crippen molar-refractivity contribution in [1.29, 1.82) is 0 Å². The first-order chi connectivity index (χ1) is 7.83. The molecule has 90 valence electrons. The van der Waals surface area contributed by atoms with Crippen LogP contribution < -0.4 is 5.32 Å². The number of rotatable bonds is 3. The van der Waals surface area contributed by atoms with Gasteiger partial charge in [0, 0.05) is 33.2 Å². The first-order valence-electron chi connectivity index (χ1n) is 5.92. The van der Waals surface area contributed by atoms with Gasteiger partial charge >= 0.3 is 0 Å². The zero-order valence-electron chi connectivity index (χ0n) is 10.1. The van der Waals surface area contributed by atoms with Crippen LogP contribution in [0.5, 0.6) is 0 Å². The molecule has 0 radical (unpaired) electrons. The Kier molecular flexibility index (Phi) is 3.74. The molecule has 16 heavy (non-hydrogen) atoms. The van der Waals surface area contributed by atoms with Crippen LogP contribution in [0, 0.1) is 0 Å². The molecule has 0 atom stereocenters. The van der Waals surface area contributed by atoms with Crippen molar-refractivity contribution in [2.24, 2.45) is 10.3 Å². The predicted octanol–water partition coefficient (Wildman–Crippen LogP) is 0.978. The predicted molar refractivity (Wildman–Crippen MR) is 61.9 cm³/mol. The quantitative estimate of drug-likeness (QED) is 0.776. The third-order valence-corrected chi connectivity index (χ3v) is 2.87. The van der Waals surface area contributed by atoms with Crippen molar-refractivity contribution in [2.75, 3.05) is 33.2 Å². The topological polar surface area (TPSA) is 46.5 Å². The summed E-state index contributed by atoms with van der Waals surface area (Å²) in [4.78, 5) is 0. The van der Waals surface area contributed by atoms with Gasteiger partial charge in [-0.1, -0.05) is 13.3 Å². The average molecular weight is 224 g/mol. The normalized spacial score (nSPS) is 22.5. The van der Waals surface area contributed by atoms with E-state index in [1.54, 1.807) is 0 Å².